The van der Waals surface area contributed by atoms with Gasteiger partial charge in [-0.3, -0.25) is 0 Å². The van der Waals surface area contributed by atoms with E-state index in [1.807, 2.05) is 41.3 Å². The molecule has 132 valence electrons. The molecular formula is C20H25N3O2. The van der Waals surface area contributed by atoms with Crippen LogP contribution >= 0.6 is 0 Å². The van der Waals surface area contributed by atoms with Crippen molar-refractivity contribution in [2.75, 3.05) is 43.5 Å². The molecule has 2 aromatic rings. The zero-order chi connectivity index (χ0) is 17.6. The maximum absolute atomic E-state index is 12.5. The van der Waals surface area contributed by atoms with Crippen molar-refractivity contribution in [1.82, 2.24) is 4.90 Å². The van der Waals surface area contributed by atoms with E-state index in [4.69, 9.17) is 4.74 Å². The predicted octanol–water partition coefficient (Wildman–Crippen LogP) is 3.61. The van der Waals surface area contributed by atoms with E-state index in [1.54, 1.807) is 7.11 Å². The molecule has 1 N–H and O–H groups in total. The number of hydrogen-bond acceptors (Lipinski definition) is 3. The Hall–Kier alpha value is -2.69. The van der Waals surface area contributed by atoms with Crippen molar-refractivity contribution >= 4 is 17.4 Å². The molecule has 2 aromatic carbocycles. The molecular weight excluding hydrogens is 314 g/mol. The average Bonchev–Trinajstić information content (AvgIpc) is 2.68. The van der Waals surface area contributed by atoms with Crippen molar-refractivity contribution in [3.63, 3.8) is 0 Å². The molecule has 2 amide bonds. The maximum Gasteiger partial charge on any atom is 0.321 e. The van der Waals surface area contributed by atoms with Crippen LogP contribution in [0.1, 0.15) is 12.5 Å². The molecule has 25 heavy (non-hydrogen) atoms. The van der Waals surface area contributed by atoms with Crippen LogP contribution in [0.4, 0.5) is 16.2 Å². The van der Waals surface area contributed by atoms with Crippen LogP contribution in [-0.4, -0.2) is 44.2 Å². The fourth-order valence-electron chi connectivity index (χ4n) is 3.05. The lowest BCUT2D eigenvalue weighted by Crippen LogP contribution is -2.50. The summed E-state index contributed by atoms with van der Waals surface area (Å²) < 4.78 is 5.29. The number of urea groups is 1. The van der Waals surface area contributed by atoms with Gasteiger partial charge in [0.2, 0.25) is 0 Å². The standard InChI is InChI=1S/C20H25N3O2/c1-3-16-6-4-7-17(14-16)21-20(24)23-12-10-22(11-13-23)18-8-5-9-19(15-18)25-2/h4-9,14-15H,3,10-13H2,1-2H3,(H,21,24). The zero-order valence-electron chi connectivity index (χ0n) is 14.9. The number of piperazine rings is 1. The van der Waals surface area contributed by atoms with Crippen molar-refractivity contribution in [1.29, 1.82) is 0 Å². The quantitative estimate of drug-likeness (QED) is 0.925. The lowest BCUT2D eigenvalue weighted by molar-refractivity contribution is 0.208. The topological polar surface area (TPSA) is 44.8 Å². The molecule has 3 rings (SSSR count). The van der Waals surface area contributed by atoms with Crippen LogP contribution in [0.5, 0.6) is 5.75 Å². The van der Waals surface area contributed by atoms with Crippen molar-refractivity contribution in [2.24, 2.45) is 0 Å². The number of rotatable bonds is 4. The van der Waals surface area contributed by atoms with Crippen LogP contribution < -0.4 is 15.0 Å². The van der Waals surface area contributed by atoms with E-state index in [2.05, 4.69) is 29.3 Å². The number of methoxy groups -OCH3 is 1. The number of anilines is 2. The molecule has 1 aliphatic rings. The molecule has 0 aliphatic carbocycles. The number of carbonyl (C=O) groups is 1. The highest BCUT2D eigenvalue weighted by Crippen LogP contribution is 2.22. The maximum atomic E-state index is 12.5. The number of ether oxygens (including phenoxy) is 1. The minimum atomic E-state index is -0.0291. The van der Waals surface area contributed by atoms with Gasteiger partial charge in [-0.2, -0.15) is 0 Å². The number of nitrogens with zero attached hydrogens (tertiary/aromatic N) is 2. The van der Waals surface area contributed by atoms with Gasteiger partial charge in [0.25, 0.3) is 0 Å². The second kappa shape index (κ2) is 7.92. The number of benzene rings is 2. The fraction of sp³-hybridized carbons (Fsp3) is 0.350. The number of aryl methyl sites for hydroxylation is 1. The molecule has 5 nitrogen and oxygen atoms in total. The largest absolute Gasteiger partial charge is 0.497 e. The molecule has 1 aliphatic heterocycles. The molecule has 1 saturated heterocycles. The highest BCUT2D eigenvalue weighted by atomic mass is 16.5. The molecule has 0 bridgehead atoms. The molecule has 0 saturated carbocycles. The summed E-state index contributed by atoms with van der Waals surface area (Å²) in [5, 5.41) is 3.01. The van der Waals surface area contributed by atoms with Gasteiger partial charge in [0.1, 0.15) is 5.75 Å². The van der Waals surface area contributed by atoms with E-state index in [0.717, 1.165) is 36.6 Å². The molecule has 1 fully saturated rings. The summed E-state index contributed by atoms with van der Waals surface area (Å²) >= 11 is 0. The van der Waals surface area contributed by atoms with Crippen LogP contribution in [0.15, 0.2) is 48.5 Å². The minimum Gasteiger partial charge on any atom is -0.497 e. The Morgan fingerprint density at radius 3 is 2.56 bits per heavy atom. The van der Waals surface area contributed by atoms with E-state index in [0.29, 0.717) is 13.1 Å². The molecule has 5 heteroatoms. The first-order valence-corrected chi connectivity index (χ1v) is 8.73. The average molecular weight is 339 g/mol. The third kappa shape index (κ3) is 4.24. The number of nitrogens with one attached hydrogen (secondary N) is 1. The monoisotopic (exact) mass is 339 g/mol. The van der Waals surface area contributed by atoms with Crippen LogP contribution in [-0.2, 0) is 6.42 Å². The summed E-state index contributed by atoms with van der Waals surface area (Å²) in [6.07, 6.45) is 0.961. The van der Waals surface area contributed by atoms with Gasteiger partial charge in [-0.05, 0) is 36.2 Å². The Morgan fingerprint density at radius 1 is 1.08 bits per heavy atom. The Bertz CT molecular complexity index is 724. The number of amides is 2. The first-order chi connectivity index (χ1) is 12.2. The third-order valence-corrected chi connectivity index (χ3v) is 4.57. The van der Waals surface area contributed by atoms with Gasteiger partial charge in [0.05, 0.1) is 7.11 Å². The van der Waals surface area contributed by atoms with Crippen LogP contribution in [0, 0.1) is 0 Å². The summed E-state index contributed by atoms with van der Waals surface area (Å²) in [6.45, 7) is 5.15. The Kier molecular flexibility index (Phi) is 5.43. The van der Waals surface area contributed by atoms with Crippen LogP contribution in [0.2, 0.25) is 0 Å². The Labute approximate surface area is 149 Å². The lowest BCUT2D eigenvalue weighted by Gasteiger charge is -2.36. The lowest BCUT2D eigenvalue weighted by atomic mass is 10.1. The summed E-state index contributed by atoms with van der Waals surface area (Å²) in [6, 6.07) is 16.0. The van der Waals surface area contributed by atoms with Crippen molar-refractivity contribution in [3.05, 3.63) is 54.1 Å². The summed E-state index contributed by atoms with van der Waals surface area (Å²) in [4.78, 5) is 16.6. The van der Waals surface area contributed by atoms with Crippen LogP contribution in [0.3, 0.4) is 0 Å². The second-order valence-electron chi connectivity index (χ2n) is 6.16. The predicted molar refractivity (Wildman–Crippen MR) is 102 cm³/mol. The van der Waals surface area contributed by atoms with E-state index in [-0.39, 0.29) is 6.03 Å². The van der Waals surface area contributed by atoms with Gasteiger partial charge < -0.3 is 19.9 Å². The molecule has 0 radical (unpaired) electrons. The fourth-order valence-corrected chi connectivity index (χ4v) is 3.05. The van der Waals surface area contributed by atoms with Crippen molar-refractivity contribution in [3.8, 4) is 5.75 Å². The molecule has 0 spiro atoms. The second-order valence-corrected chi connectivity index (χ2v) is 6.16. The summed E-state index contributed by atoms with van der Waals surface area (Å²) in [7, 11) is 1.68. The van der Waals surface area contributed by atoms with E-state index < -0.39 is 0 Å². The summed E-state index contributed by atoms with van der Waals surface area (Å²) in [5.41, 5.74) is 3.22. The van der Waals surface area contributed by atoms with E-state index in [9.17, 15) is 4.79 Å². The highest BCUT2D eigenvalue weighted by Gasteiger charge is 2.21. The van der Waals surface area contributed by atoms with Gasteiger partial charge in [-0.1, -0.05) is 25.1 Å². The Balaban J connectivity index is 1.57. The van der Waals surface area contributed by atoms with Crippen molar-refractivity contribution in [2.45, 2.75) is 13.3 Å². The number of hydrogen-bond donors (Lipinski definition) is 1. The van der Waals surface area contributed by atoms with Crippen LogP contribution in [0.25, 0.3) is 0 Å². The third-order valence-electron chi connectivity index (χ3n) is 4.57. The van der Waals surface area contributed by atoms with E-state index >= 15 is 0 Å². The zero-order valence-corrected chi connectivity index (χ0v) is 14.9. The summed E-state index contributed by atoms with van der Waals surface area (Å²) in [5.74, 6) is 0.855. The van der Waals surface area contributed by atoms with E-state index in [1.165, 1.54) is 5.56 Å². The SMILES string of the molecule is CCc1cccc(NC(=O)N2CCN(c3cccc(OC)c3)CC2)c1. The van der Waals surface area contributed by atoms with Crippen molar-refractivity contribution < 1.29 is 9.53 Å². The van der Waals surface area contributed by atoms with Gasteiger partial charge in [-0.15, -0.1) is 0 Å². The van der Waals surface area contributed by atoms with Gasteiger partial charge >= 0.3 is 6.03 Å². The van der Waals surface area contributed by atoms with Gasteiger partial charge in [0, 0.05) is 43.6 Å². The first-order valence-electron chi connectivity index (χ1n) is 8.73. The smallest absolute Gasteiger partial charge is 0.321 e. The van der Waals surface area contributed by atoms with Gasteiger partial charge in [0.15, 0.2) is 0 Å². The molecule has 1 heterocycles. The molecule has 0 atom stereocenters. The molecule has 0 unspecified atom stereocenters. The first kappa shape index (κ1) is 17.1. The normalized spacial score (nSPS) is 14.3. The van der Waals surface area contributed by atoms with Gasteiger partial charge in [-0.25, -0.2) is 4.79 Å². The Morgan fingerprint density at radius 2 is 1.84 bits per heavy atom. The highest BCUT2D eigenvalue weighted by molar-refractivity contribution is 5.89. The minimum absolute atomic E-state index is 0.0291. The number of carbonyl (C=O) groups excluding carboxylic acids is 1. The molecule has 0 aromatic heterocycles.